The number of amides is 5. The molecular weight excluding hydrogens is 714 g/mol. The zero-order valence-electron chi connectivity index (χ0n) is 29.8. The van der Waals surface area contributed by atoms with Crippen molar-refractivity contribution in [2.75, 3.05) is 6.54 Å². The monoisotopic (exact) mass is 761 g/mol. The fraction of sp³-hybridized carbons (Fsp3) is 0.639. The summed E-state index contributed by atoms with van der Waals surface area (Å²) in [4.78, 5) is 71.6. The van der Waals surface area contributed by atoms with E-state index in [0.717, 1.165) is 30.4 Å². The van der Waals surface area contributed by atoms with E-state index in [1.165, 1.54) is 15.9 Å². The molecule has 1 aromatic carbocycles. The number of nitrogens with one attached hydrogen (secondary N) is 3. The Kier molecular flexibility index (Phi) is 10.6. The van der Waals surface area contributed by atoms with Gasteiger partial charge in [-0.05, 0) is 76.0 Å². The summed E-state index contributed by atoms with van der Waals surface area (Å²) >= 11 is 6.36. The predicted octanol–water partition coefficient (Wildman–Crippen LogP) is 3.90. The van der Waals surface area contributed by atoms with Crippen LogP contribution in [0.15, 0.2) is 30.9 Å². The molecule has 0 unspecified atom stereocenters. The number of halogens is 1. The number of rotatable bonds is 10. The van der Waals surface area contributed by atoms with Crippen LogP contribution in [0.5, 0.6) is 0 Å². The SMILES string of the molecule is C=C[C@@H]1C[C@]1(NC(=O)[C@@H]1C[C@@H](OC(=O)N2Cc3cccc(Cl)c3C2)CN1C(=O)[C@@H](NC(=O)OC(C)(C)C)C1CCCCC1)C(=O)NS(=O)(=O)C1CC1. The van der Waals surface area contributed by atoms with E-state index in [4.69, 9.17) is 21.1 Å². The number of carbonyl (C=O) groups excluding carboxylic acids is 5. The van der Waals surface area contributed by atoms with Gasteiger partial charge in [0.05, 0.1) is 18.3 Å². The van der Waals surface area contributed by atoms with Crippen LogP contribution < -0.4 is 15.4 Å². The van der Waals surface area contributed by atoms with Gasteiger partial charge in [-0.15, -0.1) is 6.58 Å². The minimum absolute atomic E-state index is 0.0918. The van der Waals surface area contributed by atoms with Crippen LogP contribution in [0, 0.1) is 11.8 Å². The third kappa shape index (κ3) is 8.19. The van der Waals surface area contributed by atoms with Crippen molar-refractivity contribution in [2.24, 2.45) is 11.8 Å². The van der Waals surface area contributed by atoms with Crippen molar-refractivity contribution in [3.8, 4) is 0 Å². The molecule has 5 atom stereocenters. The minimum atomic E-state index is -3.91. The molecule has 16 heteroatoms. The summed E-state index contributed by atoms with van der Waals surface area (Å²) in [5, 5.41) is 5.41. The maximum Gasteiger partial charge on any atom is 0.410 e. The number of likely N-dealkylation sites (tertiary alicyclic amines) is 1. The topological polar surface area (TPSA) is 181 Å². The average Bonchev–Trinajstić information content (AvgIpc) is 3.97. The van der Waals surface area contributed by atoms with E-state index in [2.05, 4.69) is 21.9 Å². The number of ether oxygens (including phenoxy) is 2. The first-order valence-corrected chi connectivity index (χ1v) is 20.0. The van der Waals surface area contributed by atoms with Crippen molar-refractivity contribution < 1.29 is 41.9 Å². The number of sulfonamides is 1. The molecule has 0 radical (unpaired) electrons. The number of carbonyl (C=O) groups is 5. The smallest absolute Gasteiger partial charge is 0.410 e. The first-order valence-electron chi connectivity index (χ1n) is 18.0. The van der Waals surface area contributed by atoms with Crippen LogP contribution in [-0.2, 0) is 47.0 Å². The second kappa shape index (κ2) is 14.5. The molecule has 3 N–H and O–H groups in total. The van der Waals surface area contributed by atoms with Gasteiger partial charge in [0.25, 0.3) is 5.91 Å². The van der Waals surface area contributed by atoms with E-state index in [1.807, 2.05) is 6.07 Å². The molecule has 2 aliphatic heterocycles. The largest absolute Gasteiger partial charge is 0.444 e. The van der Waals surface area contributed by atoms with Crippen molar-refractivity contribution in [2.45, 2.75) is 126 Å². The Morgan fingerprint density at radius 1 is 1.06 bits per heavy atom. The molecular formula is C36H48ClN5O9S. The zero-order chi connectivity index (χ0) is 37.6. The highest BCUT2D eigenvalue weighted by Gasteiger charge is 2.62. The Hall–Kier alpha value is -3.85. The second-order valence-corrected chi connectivity index (χ2v) is 18.1. The maximum atomic E-state index is 14.6. The predicted molar refractivity (Wildman–Crippen MR) is 190 cm³/mol. The number of alkyl carbamates (subject to hydrolysis) is 1. The minimum Gasteiger partial charge on any atom is -0.444 e. The van der Waals surface area contributed by atoms with Crippen LogP contribution in [-0.4, -0.2) is 89.2 Å². The number of hydrogen-bond acceptors (Lipinski definition) is 9. The highest BCUT2D eigenvalue weighted by atomic mass is 35.5. The molecule has 4 fully saturated rings. The number of nitrogens with zero attached hydrogens (tertiary/aromatic N) is 2. The Balaban J connectivity index is 1.24. The van der Waals surface area contributed by atoms with E-state index in [1.54, 1.807) is 32.9 Å². The quantitative estimate of drug-likeness (QED) is 0.298. The number of hydrogen-bond donors (Lipinski definition) is 3. The third-order valence-corrected chi connectivity index (χ3v) is 12.8. The lowest BCUT2D eigenvalue weighted by atomic mass is 9.83. The Morgan fingerprint density at radius 2 is 1.77 bits per heavy atom. The van der Waals surface area contributed by atoms with Crippen LogP contribution in [0.3, 0.4) is 0 Å². The van der Waals surface area contributed by atoms with Gasteiger partial charge < -0.3 is 25.0 Å². The zero-order valence-corrected chi connectivity index (χ0v) is 31.4. The second-order valence-electron chi connectivity index (χ2n) is 15.7. The normalized spacial score (nSPS) is 26.5. The standard InChI is InChI=1S/C36H48ClN5O9S/c1-5-23-17-36(23,32(45)40-52(48,49)25-14-15-25)39-30(43)28-16-24(50-34(47)41-18-22-12-9-13-27(37)26(22)20-41)19-42(28)31(44)29(21-10-7-6-8-11-21)38-33(46)51-35(2,3)4/h5,9,12-13,21,23-25,28-29H,1,6-8,10-11,14-20H2,2-4H3,(H,38,46)(H,39,43)(H,40,45)/t23-,24-,28+,29+,36-/m1/s1. The molecule has 6 rings (SSSR count). The fourth-order valence-corrected chi connectivity index (χ4v) is 9.20. The Labute approximate surface area is 309 Å². The van der Waals surface area contributed by atoms with E-state index in [0.29, 0.717) is 30.7 Å². The van der Waals surface area contributed by atoms with Crippen LogP contribution in [0.25, 0.3) is 0 Å². The molecule has 284 valence electrons. The lowest BCUT2D eigenvalue weighted by molar-refractivity contribution is -0.142. The summed E-state index contributed by atoms with van der Waals surface area (Å²) in [6.45, 7) is 9.27. The molecule has 1 aromatic rings. The number of benzene rings is 1. The van der Waals surface area contributed by atoms with Gasteiger partial charge in [-0.2, -0.15) is 0 Å². The average molecular weight is 762 g/mol. The van der Waals surface area contributed by atoms with Gasteiger partial charge in [-0.3, -0.25) is 24.0 Å². The fourth-order valence-electron chi connectivity index (χ4n) is 7.58. The van der Waals surface area contributed by atoms with Gasteiger partial charge in [-0.1, -0.05) is 49.1 Å². The van der Waals surface area contributed by atoms with Gasteiger partial charge in [-0.25, -0.2) is 18.0 Å². The molecule has 3 aliphatic carbocycles. The Morgan fingerprint density at radius 3 is 2.38 bits per heavy atom. The molecule has 52 heavy (non-hydrogen) atoms. The van der Waals surface area contributed by atoms with E-state index in [-0.39, 0.29) is 38.4 Å². The molecule has 0 bridgehead atoms. The first kappa shape index (κ1) is 37.9. The van der Waals surface area contributed by atoms with Gasteiger partial charge in [0.1, 0.15) is 29.3 Å². The first-order chi connectivity index (χ1) is 24.5. The van der Waals surface area contributed by atoms with E-state index in [9.17, 15) is 32.4 Å². The van der Waals surface area contributed by atoms with Gasteiger partial charge in [0.15, 0.2) is 0 Å². The van der Waals surface area contributed by atoms with E-state index >= 15 is 0 Å². The highest BCUT2D eigenvalue weighted by molar-refractivity contribution is 7.91. The molecule has 3 saturated carbocycles. The summed E-state index contributed by atoms with van der Waals surface area (Å²) in [5.74, 6) is -2.89. The molecule has 1 saturated heterocycles. The lowest BCUT2D eigenvalue weighted by Gasteiger charge is -2.35. The highest BCUT2D eigenvalue weighted by Crippen LogP contribution is 2.45. The maximum absolute atomic E-state index is 14.6. The number of fused-ring (bicyclic) bond motifs is 1. The molecule has 0 aromatic heterocycles. The summed E-state index contributed by atoms with van der Waals surface area (Å²) in [6.07, 6.45) is 4.15. The van der Waals surface area contributed by atoms with Gasteiger partial charge in [0.2, 0.25) is 21.8 Å². The molecule has 5 aliphatic rings. The molecule has 0 spiro atoms. The van der Waals surface area contributed by atoms with Crippen molar-refractivity contribution >= 4 is 51.5 Å². The lowest BCUT2D eigenvalue weighted by Crippen LogP contribution is -2.59. The molecule has 2 heterocycles. The van der Waals surface area contributed by atoms with Crippen molar-refractivity contribution in [1.82, 2.24) is 25.2 Å². The van der Waals surface area contributed by atoms with Crippen LogP contribution in [0.2, 0.25) is 5.02 Å². The summed E-state index contributed by atoms with van der Waals surface area (Å²) in [5.41, 5.74) is -0.699. The van der Waals surface area contributed by atoms with Crippen molar-refractivity contribution in [3.05, 3.63) is 47.0 Å². The van der Waals surface area contributed by atoms with Gasteiger partial charge >= 0.3 is 12.2 Å². The molecule has 5 amide bonds. The van der Waals surface area contributed by atoms with Crippen LogP contribution >= 0.6 is 11.6 Å². The van der Waals surface area contributed by atoms with Crippen molar-refractivity contribution in [3.63, 3.8) is 0 Å². The summed E-state index contributed by atoms with van der Waals surface area (Å²) in [6, 6.07) is 3.19. The van der Waals surface area contributed by atoms with Crippen LogP contribution in [0.4, 0.5) is 9.59 Å². The third-order valence-electron chi connectivity index (χ3n) is 10.6. The van der Waals surface area contributed by atoms with E-state index < -0.39 is 80.4 Å². The van der Waals surface area contributed by atoms with Gasteiger partial charge in [0, 0.05) is 23.9 Å². The van der Waals surface area contributed by atoms with Crippen LogP contribution in [0.1, 0.15) is 89.7 Å². The summed E-state index contributed by atoms with van der Waals surface area (Å²) in [7, 11) is -3.91. The Bertz CT molecular complexity index is 1740. The molecule has 14 nitrogen and oxygen atoms in total. The summed E-state index contributed by atoms with van der Waals surface area (Å²) < 4.78 is 38.9. The van der Waals surface area contributed by atoms with Crippen molar-refractivity contribution in [1.29, 1.82) is 0 Å².